The fraction of sp³-hybridized carbons (Fsp3) is 0.0526. The predicted molar refractivity (Wildman–Crippen MR) is 119 cm³/mol. The van der Waals surface area contributed by atoms with Gasteiger partial charge in [0.2, 0.25) is 0 Å². The highest BCUT2D eigenvalue weighted by Gasteiger charge is 2.25. The second-order valence-corrected chi connectivity index (χ2v) is 8.39. The molecule has 1 aliphatic rings. The number of nitrogens with zero attached hydrogens (tertiary/aromatic N) is 2. The van der Waals surface area contributed by atoms with Crippen LogP contribution < -0.4 is 0 Å². The van der Waals surface area contributed by atoms with Gasteiger partial charge in [-0.05, 0) is 79.4 Å². The maximum atomic E-state index is 12.5. The molecular formula is C19H12Br2Cl2N2O3. The first-order chi connectivity index (χ1) is 13.2. The Morgan fingerprint density at radius 3 is 2.11 bits per heavy atom. The first-order valence-electron chi connectivity index (χ1n) is 7.80. The average molecular weight is 547 g/mol. The highest BCUT2D eigenvalue weighted by Crippen LogP contribution is 2.35. The van der Waals surface area contributed by atoms with Crippen molar-refractivity contribution in [2.45, 2.75) is 0 Å². The van der Waals surface area contributed by atoms with Gasteiger partial charge in [0.15, 0.2) is 5.75 Å². The fourth-order valence-corrected chi connectivity index (χ4v) is 4.17. The summed E-state index contributed by atoms with van der Waals surface area (Å²) in [6.07, 6.45) is 5.01. The molecule has 1 heterocycles. The lowest BCUT2D eigenvalue weighted by Crippen LogP contribution is -2.26. The lowest BCUT2D eigenvalue weighted by molar-refractivity contribution is -0.121. The van der Waals surface area contributed by atoms with Gasteiger partial charge >= 0.3 is 0 Å². The molecule has 5 nitrogen and oxygen atoms in total. The van der Waals surface area contributed by atoms with E-state index in [0.717, 1.165) is 5.56 Å². The zero-order chi connectivity index (χ0) is 20.6. The minimum Gasteiger partial charge on any atom is -0.506 e. The van der Waals surface area contributed by atoms with Crippen molar-refractivity contribution in [1.82, 2.24) is 4.90 Å². The third-order valence-corrected chi connectivity index (χ3v) is 5.69. The van der Waals surface area contributed by atoms with E-state index in [4.69, 9.17) is 23.2 Å². The fourth-order valence-electron chi connectivity index (χ4n) is 2.44. The maximum absolute atomic E-state index is 12.5. The van der Waals surface area contributed by atoms with Crippen molar-refractivity contribution in [3.05, 3.63) is 66.2 Å². The van der Waals surface area contributed by atoms with E-state index in [0.29, 0.717) is 20.3 Å². The Hall–Kier alpha value is -1.80. The summed E-state index contributed by atoms with van der Waals surface area (Å²) in [5.41, 5.74) is 1.56. The van der Waals surface area contributed by atoms with Gasteiger partial charge in [-0.2, -0.15) is 0 Å². The van der Waals surface area contributed by atoms with Crippen LogP contribution in [-0.4, -0.2) is 33.9 Å². The summed E-state index contributed by atoms with van der Waals surface area (Å²) in [4.78, 5) is 18.2. The van der Waals surface area contributed by atoms with Crippen molar-refractivity contribution in [1.29, 1.82) is 0 Å². The number of hydrogen-bond donors (Lipinski definition) is 2. The van der Waals surface area contributed by atoms with Crippen LogP contribution in [0.5, 0.6) is 11.5 Å². The van der Waals surface area contributed by atoms with E-state index < -0.39 is 0 Å². The standard InChI is InChI=1S/C19H12Br2Cl2N2O3/c1-25-16(3-2-9-4-11(20)17(26)12(21)5-9)24-15(19(25)28)8-10-6-13(22)18(27)14(23)7-10/h2-8,26-27H,1H3/b3-2+,15-8-. The molecule has 0 spiro atoms. The number of likely N-dealkylation sites (N-methyl/N-ethyl adjacent to an activating group) is 1. The first kappa shape index (κ1) is 20.9. The topological polar surface area (TPSA) is 73.1 Å². The van der Waals surface area contributed by atoms with Crippen LogP contribution in [0.4, 0.5) is 0 Å². The van der Waals surface area contributed by atoms with Crippen molar-refractivity contribution >= 4 is 79.0 Å². The quantitative estimate of drug-likeness (QED) is 0.474. The number of amides is 1. The van der Waals surface area contributed by atoms with Gasteiger partial charge in [0.25, 0.3) is 5.91 Å². The van der Waals surface area contributed by atoms with Crippen LogP contribution in [0.25, 0.3) is 12.2 Å². The molecule has 0 unspecified atom stereocenters. The smallest absolute Gasteiger partial charge is 0.277 e. The van der Waals surface area contributed by atoms with E-state index in [1.807, 2.05) is 0 Å². The van der Waals surface area contributed by atoms with Gasteiger partial charge in [0.1, 0.15) is 17.3 Å². The number of phenolic OH excluding ortho intramolecular Hbond substituents is 2. The molecule has 0 fully saturated rings. The number of phenols is 2. The molecule has 2 N–H and O–H groups in total. The molecule has 0 aliphatic carbocycles. The van der Waals surface area contributed by atoms with Gasteiger partial charge in [-0.15, -0.1) is 0 Å². The Morgan fingerprint density at radius 1 is 0.964 bits per heavy atom. The van der Waals surface area contributed by atoms with E-state index in [-0.39, 0.29) is 33.1 Å². The average Bonchev–Trinajstić information content (AvgIpc) is 2.90. The van der Waals surface area contributed by atoms with E-state index in [1.165, 1.54) is 17.0 Å². The molecule has 3 rings (SSSR count). The lowest BCUT2D eigenvalue weighted by atomic mass is 10.2. The number of aliphatic imine (C=N–C) groups is 1. The van der Waals surface area contributed by atoms with Crippen LogP contribution in [0, 0.1) is 0 Å². The predicted octanol–water partition coefficient (Wildman–Crippen LogP) is 5.85. The van der Waals surface area contributed by atoms with Crippen molar-refractivity contribution in [2.75, 3.05) is 7.05 Å². The summed E-state index contributed by atoms with van der Waals surface area (Å²) in [5.74, 6) is 0.0679. The molecule has 0 bridgehead atoms. The Balaban J connectivity index is 1.92. The van der Waals surface area contributed by atoms with Gasteiger partial charge in [-0.3, -0.25) is 9.69 Å². The molecule has 28 heavy (non-hydrogen) atoms. The number of rotatable bonds is 3. The van der Waals surface area contributed by atoms with E-state index in [9.17, 15) is 15.0 Å². The number of aromatic hydroxyl groups is 2. The molecule has 0 atom stereocenters. The van der Waals surface area contributed by atoms with Crippen LogP contribution in [0.1, 0.15) is 11.1 Å². The second-order valence-electron chi connectivity index (χ2n) is 5.86. The largest absolute Gasteiger partial charge is 0.506 e. The molecule has 144 valence electrons. The van der Waals surface area contributed by atoms with Crippen molar-refractivity contribution in [3.8, 4) is 11.5 Å². The highest BCUT2D eigenvalue weighted by molar-refractivity contribution is 9.11. The van der Waals surface area contributed by atoms with Crippen molar-refractivity contribution in [2.24, 2.45) is 4.99 Å². The summed E-state index contributed by atoms with van der Waals surface area (Å²) in [7, 11) is 1.62. The van der Waals surface area contributed by atoms with Crippen LogP contribution in [0.15, 0.2) is 50.0 Å². The molecule has 9 heteroatoms. The maximum Gasteiger partial charge on any atom is 0.277 e. The van der Waals surface area contributed by atoms with Gasteiger partial charge < -0.3 is 10.2 Å². The van der Waals surface area contributed by atoms with E-state index in [2.05, 4.69) is 36.9 Å². The van der Waals surface area contributed by atoms with Crippen LogP contribution in [0.2, 0.25) is 10.0 Å². The summed E-state index contributed by atoms with van der Waals surface area (Å²) in [6.45, 7) is 0. The zero-order valence-corrected chi connectivity index (χ0v) is 18.9. The Morgan fingerprint density at radius 2 is 1.54 bits per heavy atom. The molecule has 2 aromatic carbocycles. The van der Waals surface area contributed by atoms with Gasteiger partial charge in [-0.1, -0.05) is 29.3 Å². The molecule has 0 saturated carbocycles. The summed E-state index contributed by atoms with van der Waals surface area (Å²) >= 11 is 18.4. The third kappa shape index (κ3) is 4.27. The highest BCUT2D eigenvalue weighted by atomic mass is 79.9. The van der Waals surface area contributed by atoms with Gasteiger partial charge in [-0.25, -0.2) is 4.99 Å². The SMILES string of the molecule is CN1C(=O)/C(=C/c2cc(Cl)c(O)c(Cl)c2)N=C1/C=C/c1cc(Br)c(O)c(Br)c1. The first-order valence-corrected chi connectivity index (χ1v) is 10.1. The Labute approximate surface area is 187 Å². The Kier molecular flexibility index (Phi) is 6.19. The molecule has 0 aromatic heterocycles. The number of benzene rings is 2. The summed E-state index contributed by atoms with van der Waals surface area (Å²) in [5, 5.41) is 19.6. The number of amidine groups is 1. The molecule has 1 aliphatic heterocycles. The number of halogens is 4. The minimum absolute atomic E-state index is 0.0886. The van der Waals surface area contributed by atoms with Gasteiger partial charge in [0.05, 0.1) is 19.0 Å². The van der Waals surface area contributed by atoms with Crippen molar-refractivity contribution in [3.63, 3.8) is 0 Å². The number of carbonyl (C=O) groups is 1. The van der Waals surface area contributed by atoms with Gasteiger partial charge in [0, 0.05) is 7.05 Å². The molecule has 2 aromatic rings. The molecular weight excluding hydrogens is 535 g/mol. The van der Waals surface area contributed by atoms with Crippen LogP contribution in [-0.2, 0) is 4.79 Å². The van der Waals surface area contributed by atoms with Crippen molar-refractivity contribution < 1.29 is 15.0 Å². The number of hydrogen-bond acceptors (Lipinski definition) is 4. The van der Waals surface area contributed by atoms with E-state index in [1.54, 1.807) is 37.4 Å². The lowest BCUT2D eigenvalue weighted by Gasteiger charge is -2.08. The normalized spacial score (nSPS) is 15.8. The third-order valence-electron chi connectivity index (χ3n) is 3.91. The summed E-state index contributed by atoms with van der Waals surface area (Å²) in [6, 6.07) is 6.48. The van der Waals surface area contributed by atoms with Crippen LogP contribution in [0.3, 0.4) is 0 Å². The minimum atomic E-state index is -0.284. The summed E-state index contributed by atoms with van der Waals surface area (Å²) < 4.78 is 1.09. The zero-order valence-electron chi connectivity index (χ0n) is 14.3. The molecule has 0 radical (unpaired) electrons. The number of carbonyl (C=O) groups excluding carboxylic acids is 1. The Bertz CT molecular complexity index is 1030. The molecule has 1 amide bonds. The molecule has 0 saturated heterocycles. The van der Waals surface area contributed by atoms with Crippen LogP contribution >= 0.6 is 55.1 Å². The van der Waals surface area contributed by atoms with E-state index >= 15 is 0 Å². The monoisotopic (exact) mass is 544 g/mol. The second kappa shape index (κ2) is 8.29.